The summed E-state index contributed by atoms with van der Waals surface area (Å²) in [5, 5.41) is 0.951. The van der Waals surface area contributed by atoms with E-state index in [2.05, 4.69) is 4.98 Å². The van der Waals surface area contributed by atoms with E-state index >= 15 is 0 Å². The van der Waals surface area contributed by atoms with Crippen LogP contribution in [0.2, 0.25) is 0 Å². The average molecular weight is 213 g/mol. The number of ketones is 1. The zero-order valence-corrected chi connectivity index (χ0v) is 9.82. The van der Waals surface area contributed by atoms with Crippen LogP contribution in [-0.2, 0) is 0 Å². The van der Waals surface area contributed by atoms with Crippen molar-refractivity contribution in [1.82, 2.24) is 4.98 Å². The molecule has 0 aliphatic heterocycles. The van der Waals surface area contributed by atoms with Crippen LogP contribution in [0.1, 0.15) is 29.9 Å². The maximum absolute atomic E-state index is 12.1. The molecule has 2 aromatic rings. The summed E-state index contributed by atoms with van der Waals surface area (Å²) in [6, 6.07) is 9.66. The van der Waals surface area contributed by atoms with E-state index < -0.39 is 0 Å². The molecule has 0 spiro atoms. The Morgan fingerprint density at radius 3 is 2.62 bits per heavy atom. The van der Waals surface area contributed by atoms with Gasteiger partial charge in [-0.25, -0.2) is 0 Å². The van der Waals surface area contributed by atoms with Crippen LogP contribution in [0.4, 0.5) is 0 Å². The Morgan fingerprint density at radius 1 is 1.25 bits per heavy atom. The molecule has 0 amide bonds. The fourth-order valence-corrected chi connectivity index (χ4v) is 1.82. The second-order valence-corrected chi connectivity index (χ2v) is 4.35. The number of hydrogen-bond donors (Lipinski definition) is 0. The Bertz CT molecular complexity index is 543. The third-order valence-corrected chi connectivity index (χ3v) is 2.63. The van der Waals surface area contributed by atoms with E-state index in [1.54, 1.807) is 0 Å². The van der Waals surface area contributed by atoms with Crippen LogP contribution in [-0.4, -0.2) is 10.8 Å². The Balaban J connectivity index is 2.72. The van der Waals surface area contributed by atoms with Gasteiger partial charge in [0.25, 0.3) is 0 Å². The van der Waals surface area contributed by atoms with Gasteiger partial charge in [0.1, 0.15) is 0 Å². The van der Waals surface area contributed by atoms with Gasteiger partial charge in [0.2, 0.25) is 0 Å². The Hall–Kier alpha value is -1.70. The number of aryl methyl sites for hydroxylation is 1. The molecule has 0 fully saturated rings. The lowest BCUT2D eigenvalue weighted by Gasteiger charge is -2.08. The summed E-state index contributed by atoms with van der Waals surface area (Å²) < 4.78 is 0. The molecular formula is C14H15NO. The van der Waals surface area contributed by atoms with Crippen LogP contribution < -0.4 is 0 Å². The lowest BCUT2D eigenvalue weighted by molar-refractivity contribution is 0.0941. The molecule has 0 unspecified atom stereocenters. The summed E-state index contributed by atoms with van der Waals surface area (Å²) in [7, 11) is 0. The molecule has 0 bridgehead atoms. The minimum Gasteiger partial charge on any atom is -0.294 e. The topological polar surface area (TPSA) is 30.0 Å². The normalized spacial score (nSPS) is 11.0. The Kier molecular flexibility index (Phi) is 2.73. The fraction of sp³-hybridized carbons (Fsp3) is 0.286. The number of carbonyl (C=O) groups excluding carboxylic acids is 1. The highest BCUT2D eigenvalue weighted by Gasteiger charge is 2.14. The third kappa shape index (κ3) is 1.83. The predicted molar refractivity (Wildman–Crippen MR) is 65.6 cm³/mol. The number of pyridine rings is 1. The maximum Gasteiger partial charge on any atom is 0.166 e. The molecule has 0 atom stereocenters. The molecule has 16 heavy (non-hydrogen) atoms. The van der Waals surface area contributed by atoms with Crippen molar-refractivity contribution in [2.24, 2.45) is 5.92 Å². The first kappa shape index (κ1) is 10.8. The lowest BCUT2D eigenvalue weighted by atomic mass is 9.97. The molecule has 0 radical (unpaired) electrons. The number of carbonyl (C=O) groups is 1. The van der Waals surface area contributed by atoms with Gasteiger partial charge in [-0.3, -0.25) is 9.78 Å². The molecule has 0 saturated heterocycles. The number of fused-ring (bicyclic) bond motifs is 1. The molecule has 0 aliphatic carbocycles. The highest BCUT2D eigenvalue weighted by molar-refractivity contribution is 6.08. The van der Waals surface area contributed by atoms with Gasteiger partial charge in [-0.15, -0.1) is 0 Å². The summed E-state index contributed by atoms with van der Waals surface area (Å²) in [6.45, 7) is 5.77. The van der Waals surface area contributed by atoms with Gasteiger partial charge < -0.3 is 0 Å². The molecule has 82 valence electrons. The maximum atomic E-state index is 12.1. The minimum absolute atomic E-state index is 0.0187. The average Bonchev–Trinajstić information content (AvgIpc) is 2.26. The van der Waals surface area contributed by atoms with Crippen LogP contribution in [0.25, 0.3) is 10.9 Å². The first-order valence-electron chi connectivity index (χ1n) is 5.50. The third-order valence-electron chi connectivity index (χ3n) is 2.63. The number of para-hydroxylation sites is 1. The summed E-state index contributed by atoms with van der Waals surface area (Å²) in [5.74, 6) is 0.201. The van der Waals surface area contributed by atoms with E-state index in [4.69, 9.17) is 0 Å². The molecule has 1 aromatic heterocycles. The van der Waals surface area contributed by atoms with Crippen molar-refractivity contribution in [1.29, 1.82) is 0 Å². The quantitative estimate of drug-likeness (QED) is 0.716. The summed E-state index contributed by atoms with van der Waals surface area (Å²) in [4.78, 5) is 16.5. The number of Topliss-reactive ketones (excluding diaryl/α,β-unsaturated/α-hetero) is 1. The SMILES string of the molecule is Cc1cc(C(=O)C(C)C)c2ccccc2n1. The molecule has 1 aromatic carbocycles. The largest absolute Gasteiger partial charge is 0.294 e. The Morgan fingerprint density at radius 2 is 1.94 bits per heavy atom. The van der Waals surface area contributed by atoms with Crippen molar-refractivity contribution in [2.75, 3.05) is 0 Å². The zero-order chi connectivity index (χ0) is 11.7. The summed E-state index contributed by atoms with van der Waals surface area (Å²) in [6.07, 6.45) is 0. The second-order valence-electron chi connectivity index (χ2n) is 4.35. The molecule has 2 rings (SSSR count). The fourth-order valence-electron chi connectivity index (χ4n) is 1.82. The number of benzene rings is 1. The highest BCUT2D eigenvalue weighted by Crippen LogP contribution is 2.20. The molecular weight excluding hydrogens is 198 g/mol. The van der Waals surface area contributed by atoms with E-state index in [-0.39, 0.29) is 11.7 Å². The van der Waals surface area contributed by atoms with E-state index in [1.807, 2.05) is 51.1 Å². The van der Waals surface area contributed by atoms with Crippen molar-refractivity contribution in [2.45, 2.75) is 20.8 Å². The summed E-state index contributed by atoms with van der Waals surface area (Å²) >= 11 is 0. The Labute approximate surface area is 95.3 Å². The number of rotatable bonds is 2. The van der Waals surface area contributed by atoms with E-state index in [0.29, 0.717) is 0 Å². The van der Waals surface area contributed by atoms with E-state index in [9.17, 15) is 4.79 Å². The van der Waals surface area contributed by atoms with Crippen molar-refractivity contribution >= 4 is 16.7 Å². The van der Waals surface area contributed by atoms with Gasteiger partial charge in [0.05, 0.1) is 5.52 Å². The lowest BCUT2D eigenvalue weighted by Crippen LogP contribution is -2.09. The van der Waals surface area contributed by atoms with Gasteiger partial charge in [-0.2, -0.15) is 0 Å². The monoisotopic (exact) mass is 213 g/mol. The van der Waals surface area contributed by atoms with Gasteiger partial charge in [-0.05, 0) is 19.1 Å². The van der Waals surface area contributed by atoms with Crippen molar-refractivity contribution < 1.29 is 4.79 Å². The van der Waals surface area contributed by atoms with Crippen LogP contribution in [0, 0.1) is 12.8 Å². The number of aromatic nitrogens is 1. The standard InChI is InChI=1S/C14H15NO/c1-9(2)14(16)12-8-10(3)15-13-7-5-4-6-11(12)13/h4-9H,1-3H3. The van der Waals surface area contributed by atoms with E-state index in [1.165, 1.54) is 0 Å². The van der Waals surface area contributed by atoms with Gasteiger partial charge in [0, 0.05) is 22.6 Å². The minimum atomic E-state index is 0.0187. The first-order chi connectivity index (χ1) is 7.59. The van der Waals surface area contributed by atoms with Crippen LogP contribution >= 0.6 is 0 Å². The highest BCUT2D eigenvalue weighted by atomic mass is 16.1. The molecule has 2 nitrogen and oxygen atoms in total. The molecule has 0 saturated carbocycles. The van der Waals surface area contributed by atoms with E-state index in [0.717, 1.165) is 22.2 Å². The zero-order valence-electron chi connectivity index (χ0n) is 9.82. The molecule has 1 heterocycles. The number of nitrogens with zero attached hydrogens (tertiary/aromatic N) is 1. The van der Waals surface area contributed by atoms with Gasteiger partial charge in [-0.1, -0.05) is 32.0 Å². The van der Waals surface area contributed by atoms with Crippen molar-refractivity contribution in [3.63, 3.8) is 0 Å². The number of hydrogen-bond acceptors (Lipinski definition) is 2. The van der Waals surface area contributed by atoms with Crippen LogP contribution in [0.15, 0.2) is 30.3 Å². The smallest absolute Gasteiger partial charge is 0.166 e. The van der Waals surface area contributed by atoms with Gasteiger partial charge in [0.15, 0.2) is 5.78 Å². The van der Waals surface area contributed by atoms with Crippen LogP contribution in [0.3, 0.4) is 0 Å². The van der Waals surface area contributed by atoms with Crippen molar-refractivity contribution in [3.05, 3.63) is 41.6 Å². The molecule has 2 heteroatoms. The predicted octanol–water partition coefficient (Wildman–Crippen LogP) is 3.38. The molecule has 0 aliphatic rings. The second kappa shape index (κ2) is 4.05. The van der Waals surface area contributed by atoms with Crippen molar-refractivity contribution in [3.8, 4) is 0 Å². The molecule has 0 N–H and O–H groups in total. The first-order valence-corrected chi connectivity index (χ1v) is 5.50. The van der Waals surface area contributed by atoms with Gasteiger partial charge >= 0.3 is 0 Å². The summed E-state index contributed by atoms with van der Waals surface area (Å²) in [5.41, 5.74) is 2.58. The van der Waals surface area contributed by atoms with Crippen LogP contribution in [0.5, 0.6) is 0 Å².